The summed E-state index contributed by atoms with van der Waals surface area (Å²) in [5, 5.41) is 4.70. The fraction of sp³-hybridized carbons (Fsp3) is 0.596. The van der Waals surface area contributed by atoms with Crippen molar-refractivity contribution in [1.29, 1.82) is 0 Å². The predicted octanol–water partition coefficient (Wildman–Crippen LogP) is 37.2. The molecule has 8 aromatic rings. The van der Waals surface area contributed by atoms with E-state index in [9.17, 15) is 61.5 Å². The van der Waals surface area contributed by atoms with Crippen LogP contribution in [0.25, 0.3) is 0 Å². The molecule has 14 rings (SSSR count). The minimum Gasteiger partial charge on any atom is -0.471 e. The van der Waals surface area contributed by atoms with E-state index in [4.69, 9.17) is 109 Å². The summed E-state index contributed by atoms with van der Waals surface area (Å²) in [6, 6.07) is 40.0. The maximum atomic E-state index is 13.0. The highest BCUT2D eigenvalue weighted by atomic mass is 35.5. The summed E-state index contributed by atoms with van der Waals surface area (Å²) in [7, 11) is 0. The zero-order valence-electron chi connectivity index (χ0n) is 88.0. The van der Waals surface area contributed by atoms with E-state index < -0.39 is 61.4 Å². The van der Waals surface area contributed by atoms with Crippen LogP contribution in [0.1, 0.15) is 295 Å². The quantitative estimate of drug-likeness (QED) is 0.0618. The van der Waals surface area contributed by atoms with Crippen molar-refractivity contribution in [3.05, 3.63) is 252 Å². The van der Waals surface area contributed by atoms with Crippen molar-refractivity contribution in [3.8, 4) is 11.8 Å². The fourth-order valence-electron chi connectivity index (χ4n) is 19.1. The van der Waals surface area contributed by atoms with Gasteiger partial charge in [0.1, 0.15) is 5.02 Å². The molecule has 2 unspecified atom stereocenters. The second-order valence-electron chi connectivity index (χ2n) is 45.8. The Morgan fingerprint density at radius 3 is 1.21 bits per heavy atom. The van der Waals surface area contributed by atoms with E-state index in [1.165, 1.54) is 104 Å². The summed E-state index contributed by atoms with van der Waals surface area (Å²) in [4.78, 5) is 19.8. The van der Waals surface area contributed by atoms with Gasteiger partial charge in [0.05, 0.1) is 27.2 Å². The normalized spacial score (nSPS) is 17.7. The number of likely N-dealkylation sites (tertiary alicyclic amines) is 5. The van der Waals surface area contributed by atoms with Crippen molar-refractivity contribution in [3.63, 3.8) is 0 Å². The number of rotatable bonds is 22. The minimum atomic E-state index is -4.35. The lowest BCUT2D eigenvalue weighted by molar-refractivity contribution is -0.148. The van der Waals surface area contributed by atoms with E-state index in [1.54, 1.807) is 18.3 Å². The zero-order chi connectivity index (χ0) is 109. The zero-order valence-corrected chi connectivity index (χ0v) is 94.8. The Labute approximate surface area is 904 Å². The molecule has 146 heavy (non-hydrogen) atoms. The Kier molecular flexibility index (Phi) is 47.5. The third kappa shape index (κ3) is 40.5. The highest BCUT2D eigenvalue weighted by Crippen LogP contribution is 2.48. The standard InChI is InChI=1S/C22H27Cl2N.C17H25Cl2N.C17H23ClF3N.C16H21ClF3N.C15H21Cl2N.C15H19F4NO.C12H14ClF4NO/c1-22(2,3)18-9-11-25(12-10-18)21(16-7-5-4-6-8-16)17-13-19(23)15-20(24)14-17;1-12(15-6-5-14(18)11-16(15)19)20-9-7-13(8-10-20)17(2,3)4;1-16(2,3)13-4-6-22(7-5-13)11-12-8-14(17(19,20)21)10-15(18)9-12;1-11(2)12-5-7-21(8-6-12)10-13-9-14(17)3-4-15(13)16(18,19)20;1-11(2)13-5-7-18(8-6-13)10-12-3-4-14(16)15(17)9-12;1-14(2,3)10-6-11(9-4-5-9)12(20-7-10)21-8-15(18,19)13(16)17;1-11(2,3)7-4-8(13)9(18-5-7)19-6-12(16,17)10(14)15/h4-8,13-15,18,21H,9-12H2,1-3H3;5-6,11-13H,7-10H2,1-4H3;8-10,13H,4-7,11H2,1-3H3;3-4,9,11-12H,5-8,10H2,1-2H3;3-4,9,11,13H,5-8,10H2,1-2H3;6-7,9,13H,4-5,8H2,1-3H3;4-5,10H,6H2,1-3H3. The number of alkyl halides is 14. The number of benzene rings is 6. The first-order valence-corrected chi connectivity index (χ1v) is 54.1. The molecule has 1 saturated carbocycles. The van der Waals surface area contributed by atoms with Crippen LogP contribution in [0.4, 0.5) is 61.5 Å². The Hall–Kier alpha value is -5.35. The van der Waals surface area contributed by atoms with Crippen molar-refractivity contribution in [2.45, 2.75) is 301 Å². The molecule has 6 aliphatic rings. The molecular formula is C114H150Cl9F14N7O2. The van der Waals surface area contributed by atoms with E-state index in [-0.39, 0.29) is 50.2 Å². The number of halogens is 23. The summed E-state index contributed by atoms with van der Waals surface area (Å²) in [6.07, 6.45) is 0.617. The van der Waals surface area contributed by atoms with Crippen molar-refractivity contribution < 1.29 is 70.9 Å². The summed E-state index contributed by atoms with van der Waals surface area (Å²) in [5.74, 6) is -3.07. The van der Waals surface area contributed by atoms with Crippen LogP contribution < -0.4 is 9.47 Å². The third-order valence-electron chi connectivity index (χ3n) is 28.8. The average molecular weight is 2240 g/mol. The molecule has 0 N–H and O–H groups in total. The Morgan fingerprint density at radius 1 is 0.349 bits per heavy atom. The van der Waals surface area contributed by atoms with Crippen molar-refractivity contribution in [2.24, 2.45) is 57.7 Å². The van der Waals surface area contributed by atoms with E-state index in [1.807, 2.05) is 71.9 Å². The Balaban J connectivity index is 0.000000208. The van der Waals surface area contributed by atoms with Gasteiger partial charge in [-0.15, -0.1) is 0 Å². The fourth-order valence-corrected chi connectivity index (χ4v) is 21.2. The molecule has 6 aromatic carbocycles. The molecule has 2 atom stereocenters. The molecule has 814 valence electrons. The van der Waals surface area contributed by atoms with Gasteiger partial charge in [-0.25, -0.2) is 27.5 Å². The lowest BCUT2D eigenvalue weighted by Crippen LogP contribution is -2.40. The van der Waals surface area contributed by atoms with E-state index in [2.05, 4.69) is 191 Å². The molecule has 2 aromatic heterocycles. The molecule has 0 radical (unpaired) electrons. The monoisotopic (exact) mass is 2230 g/mol. The van der Waals surface area contributed by atoms with Gasteiger partial charge in [0.25, 0.3) is 0 Å². The van der Waals surface area contributed by atoms with E-state index in [0.29, 0.717) is 88.8 Å². The second kappa shape index (κ2) is 55.1. The van der Waals surface area contributed by atoms with Crippen LogP contribution in [0, 0.1) is 57.7 Å². The minimum absolute atomic E-state index is 0.0116. The number of ether oxygens (including phenoxy) is 2. The number of pyridine rings is 2. The molecule has 5 saturated heterocycles. The van der Waals surface area contributed by atoms with Crippen LogP contribution >= 0.6 is 104 Å². The second-order valence-corrected chi connectivity index (χ2v) is 49.7. The number of hydrogen-bond donors (Lipinski definition) is 0. The van der Waals surface area contributed by atoms with Gasteiger partial charge in [0.2, 0.25) is 11.8 Å². The lowest BCUT2D eigenvalue weighted by atomic mass is 9.75. The smallest absolute Gasteiger partial charge is 0.416 e. The largest absolute Gasteiger partial charge is 0.471 e. The Morgan fingerprint density at radius 2 is 0.774 bits per heavy atom. The van der Waals surface area contributed by atoms with Gasteiger partial charge in [-0.3, -0.25) is 24.5 Å². The van der Waals surface area contributed by atoms with Gasteiger partial charge in [-0.2, -0.15) is 43.9 Å². The number of nitrogens with zero attached hydrogens (tertiary/aromatic N) is 7. The number of aromatic nitrogens is 2. The molecule has 0 amide bonds. The van der Waals surface area contributed by atoms with Gasteiger partial charge in [0.15, 0.2) is 13.2 Å². The molecule has 5 aliphatic heterocycles. The van der Waals surface area contributed by atoms with Crippen molar-refractivity contribution in [2.75, 3.05) is 78.7 Å². The maximum absolute atomic E-state index is 13.0. The highest BCUT2D eigenvalue weighted by molar-refractivity contribution is 6.42. The molecule has 1 aliphatic carbocycles. The predicted molar refractivity (Wildman–Crippen MR) is 575 cm³/mol. The van der Waals surface area contributed by atoms with Gasteiger partial charge in [0, 0.05) is 73.8 Å². The van der Waals surface area contributed by atoms with Crippen molar-refractivity contribution in [1.82, 2.24) is 34.5 Å². The van der Waals surface area contributed by atoms with Crippen LogP contribution in [0.3, 0.4) is 0 Å². The molecule has 0 bridgehead atoms. The lowest BCUT2D eigenvalue weighted by Gasteiger charge is -2.42. The third-order valence-corrected chi connectivity index (χ3v) is 31.3. The first-order valence-electron chi connectivity index (χ1n) is 50.7. The number of hydrogen-bond acceptors (Lipinski definition) is 9. The van der Waals surface area contributed by atoms with Crippen LogP contribution in [0.15, 0.2) is 146 Å². The van der Waals surface area contributed by atoms with Gasteiger partial charge in [-0.1, -0.05) is 278 Å². The van der Waals surface area contributed by atoms with Gasteiger partial charge in [-0.05, 0) is 359 Å². The van der Waals surface area contributed by atoms with E-state index >= 15 is 0 Å². The topological polar surface area (TPSA) is 60.4 Å². The van der Waals surface area contributed by atoms with Crippen molar-refractivity contribution >= 4 is 104 Å². The molecule has 32 heteroatoms. The van der Waals surface area contributed by atoms with Crippen LogP contribution in [0.2, 0.25) is 45.2 Å². The molecule has 6 fully saturated rings. The first kappa shape index (κ1) is 126. The molecule has 9 nitrogen and oxygen atoms in total. The summed E-state index contributed by atoms with van der Waals surface area (Å²) in [6.45, 7) is 53.5. The van der Waals surface area contributed by atoms with Crippen LogP contribution in [-0.4, -0.2) is 138 Å². The number of piperidine rings is 5. The summed E-state index contributed by atoms with van der Waals surface area (Å²) < 4.78 is 187. The molecule has 0 spiro atoms. The summed E-state index contributed by atoms with van der Waals surface area (Å²) >= 11 is 54.4. The highest BCUT2D eigenvalue weighted by Gasteiger charge is 2.45. The van der Waals surface area contributed by atoms with Gasteiger partial charge >= 0.3 is 37.0 Å². The van der Waals surface area contributed by atoms with Crippen LogP contribution in [0.5, 0.6) is 11.8 Å². The maximum Gasteiger partial charge on any atom is 0.416 e. The SMILES string of the molecule is CC(C)(C)C1CCN(C(c2ccccc2)c2cc(Cl)cc(Cl)c2)CC1.CC(C)(C)C1CCN(Cc2cc(Cl)cc(C(F)(F)F)c2)CC1.CC(C)(C)c1cnc(OCC(F)(F)C(F)F)c(C2CC2)c1.CC(C)(C)c1cnc(OCC(F)(F)C(F)F)c(Cl)c1.CC(C)C1CCN(Cc2cc(Cl)ccc2C(F)(F)F)CC1.CC(C)C1CCN(Cc2ccc(Cl)c(Cl)c2)CC1.CC(c1ccc(Cl)cc1Cl)N1CCC(C(C)(C)C)CC1. The first-order chi connectivity index (χ1) is 67.7. The van der Waals surface area contributed by atoms with Gasteiger partial charge < -0.3 is 9.47 Å². The average Bonchev–Trinajstić information content (AvgIpc) is 1.71. The van der Waals surface area contributed by atoms with Crippen LogP contribution in [-0.2, 0) is 42.8 Å². The molecule has 7 heterocycles. The Bertz CT molecular complexity index is 5310. The summed E-state index contributed by atoms with van der Waals surface area (Å²) in [5.41, 5.74) is 7.85. The van der Waals surface area contributed by atoms with E-state index in [0.717, 1.165) is 155 Å². The molecular weight excluding hydrogens is 2080 g/mol.